The molecule has 0 spiro atoms. The predicted octanol–water partition coefficient (Wildman–Crippen LogP) is 3.39. The van der Waals surface area contributed by atoms with E-state index >= 15 is 0 Å². The largest absolute Gasteiger partial charge is 0.480 e. The number of aryl methyl sites for hydroxylation is 4. The van der Waals surface area contributed by atoms with Crippen LogP contribution in [0.4, 0.5) is 0 Å². The maximum absolute atomic E-state index is 12.8. The van der Waals surface area contributed by atoms with E-state index in [1.54, 1.807) is 6.92 Å². The summed E-state index contributed by atoms with van der Waals surface area (Å²) in [4.78, 5) is 38.2. The number of carboxylic acid groups (broad SMARTS) is 1. The molecule has 2 aromatic heterocycles. The van der Waals surface area contributed by atoms with E-state index < -0.39 is 17.6 Å². The van der Waals surface area contributed by atoms with Gasteiger partial charge in [-0.1, -0.05) is 0 Å². The lowest BCUT2D eigenvalue weighted by Crippen LogP contribution is -2.41. The van der Waals surface area contributed by atoms with Crippen molar-refractivity contribution in [1.29, 1.82) is 0 Å². The third-order valence-electron chi connectivity index (χ3n) is 6.13. The van der Waals surface area contributed by atoms with Gasteiger partial charge in [0.2, 0.25) is 5.91 Å². The fraction of sp³-hybridized carbons (Fsp3) is 0.409. The number of carboxylic acids is 1. The Morgan fingerprint density at radius 2 is 1.72 bits per heavy atom. The molecule has 1 fully saturated rings. The maximum atomic E-state index is 12.8. The van der Waals surface area contributed by atoms with Crippen molar-refractivity contribution in [3.05, 3.63) is 44.5 Å². The molecule has 7 heteroatoms. The first-order valence-corrected chi connectivity index (χ1v) is 9.68. The number of hydrogen-bond acceptors (Lipinski definition) is 5. The van der Waals surface area contributed by atoms with Crippen LogP contribution in [-0.4, -0.2) is 34.5 Å². The number of furan rings is 1. The quantitative estimate of drug-likeness (QED) is 0.680. The van der Waals surface area contributed by atoms with Crippen LogP contribution in [0.3, 0.4) is 0 Å². The van der Waals surface area contributed by atoms with Gasteiger partial charge in [-0.25, -0.2) is 9.59 Å². The number of nitrogens with zero attached hydrogens (tertiary/aromatic N) is 1. The van der Waals surface area contributed by atoms with Crippen molar-refractivity contribution < 1.29 is 23.5 Å². The van der Waals surface area contributed by atoms with Gasteiger partial charge in [0.25, 0.3) is 0 Å². The summed E-state index contributed by atoms with van der Waals surface area (Å²) in [5.41, 5.74) is 3.30. The molecular weight excluding hydrogens is 374 g/mol. The summed E-state index contributed by atoms with van der Waals surface area (Å²) in [5, 5.41) is 11.0. The molecule has 7 nitrogen and oxygen atoms in total. The van der Waals surface area contributed by atoms with Crippen molar-refractivity contribution in [1.82, 2.24) is 4.90 Å². The van der Waals surface area contributed by atoms with Crippen molar-refractivity contribution in [3.63, 3.8) is 0 Å². The van der Waals surface area contributed by atoms with Crippen molar-refractivity contribution in [2.24, 2.45) is 0 Å². The number of carbonyl (C=O) groups is 2. The Labute approximate surface area is 166 Å². The average molecular weight is 397 g/mol. The first-order chi connectivity index (χ1) is 13.7. The molecule has 152 valence electrons. The molecule has 3 heterocycles. The van der Waals surface area contributed by atoms with E-state index in [0.29, 0.717) is 36.1 Å². The first-order valence-electron chi connectivity index (χ1n) is 9.68. The maximum Gasteiger partial charge on any atom is 0.340 e. The third-order valence-corrected chi connectivity index (χ3v) is 6.13. The molecule has 1 N–H and O–H groups in total. The Bertz CT molecular complexity index is 1230. The van der Waals surface area contributed by atoms with Gasteiger partial charge in [0.15, 0.2) is 0 Å². The number of amides is 1. The van der Waals surface area contributed by atoms with E-state index in [-0.39, 0.29) is 17.9 Å². The summed E-state index contributed by atoms with van der Waals surface area (Å²) in [7, 11) is 0. The van der Waals surface area contributed by atoms with Gasteiger partial charge in [0.05, 0.1) is 12.0 Å². The molecule has 29 heavy (non-hydrogen) atoms. The smallest absolute Gasteiger partial charge is 0.340 e. The van der Waals surface area contributed by atoms with Gasteiger partial charge in [0.1, 0.15) is 23.0 Å². The van der Waals surface area contributed by atoms with Gasteiger partial charge in [-0.05, 0) is 57.7 Å². The minimum Gasteiger partial charge on any atom is -0.480 e. The minimum atomic E-state index is -1.01. The summed E-state index contributed by atoms with van der Waals surface area (Å²) in [6, 6.07) is 1.11. The third kappa shape index (κ3) is 2.92. The zero-order chi connectivity index (χ0) is 21.0. The van der Waals surface area contributed by atoms with Crippen molar-refractivity contribution in [3.8, 4) is 0 Å². The SMILES string of the molecule is Cc1oc2c(C)c3oc(=O)c(CC(=O)N4CCC[C@@H]4C(=O)O)c(C)c3cc2c1C. The van der Waals surface area contributed by atoms with Gasteiger partial charge in [-0.3, -0.25) is 4.79 Å². The van der Waals surface area contributed by atoms with E-state index in [1.165, 1.54) is 4.90 Å². The Kier molecular flexibility index (Phi) is 4.48. The molecule has 4 rings (SSSR count). The van der Waals surface area contributed by atoms with Crippen LogP contribution in [0.25, 0.3) is 21.9 Å². The standard InChI is InChI=1S/C22H23NO6/c1-10-13(4)28-19-12(3)20-15(8-14(10)19)11(2)16(22(27)29-20)9-18(24)23-7-5-6-17(23)21(25)26/h8,17H,5-7,9H2,1-4H3,(H,25,26)/t17-/m1/s1. The lowest BCUT2D eigenvalue weighted by Gasteiger charge is -2.21. The zero-order valence-electron chi connectivity index (χ0n) is 16.9. The van der Waals surface area contributed by atoms with Gasteiger partial charge in [0, 0.05) is 22.9 Å². The van der Waals surface area contributed by atoms with E-state index in [1.807, 2.05) is 26.8 Å². The topological polar surface area (TPSA) is 101 Å². The molecule has 0 radical (unpaired) electrons. The van der Waals surface area contributed by atoms with Gasteiger partial charge >= 0.3 is 11.6 Å². The number of carbonyl (C=O) groups excluding carboxylic acids is 1. The normalized spacial score (nSPS) is 16.8. The molecule has 1 aliphatic heterocycles. The van der Waals surface area contributed by atoms with Crippen LogP contribution in [0.1, 0.15) is 40.9 Å². The van der Waals surface area contributed by atoms with E-state index in [0.717, 1.165) is 27.7 Å². The summed E-state index contributed by atoms with van der Waals surface area (Å²) in [5.74, 6) is -0.567. The van der Waals surface area contributed by atoms with E-state index in [2.05, 4.69) is 0 Å². The lowest BCUT2D eigenvalue weighted by molar-refractivity contribution is -0.148. The summed E-state index contributed by atoms with van der Waals surface area (Å²) < 4.78 is 11.4. The van der Waals surface area contributed by atoms with Gasteiger partial charge in [-0.2, -0.15) is 0 Å². The van der Waals surface area contributed by atoms with Crippen LogP contribution >= 0.6 is 0 Å². The highest BCUT2D eigenvalue weighted by Gasteiger charge is 2.34. The number of fused-ring (bicyclic) bond motifs is 2. The Hall–Kier alpha value is -3.09. The number of aliphatic carboxylic acids is 1. The van der Waals surface area contributed by atoms with E-state index in [9.17, 15) is 19.5 Å². The molecule has 1 saturated heterocycles. The second kappa shape index (κ2) is 6.76. The molecule has 3 aromatic rings. The highest BCUT2D eigenvalue weighted by molar-refractivity contribution is 6.00. The number of rotatable bonds is 3. The molecule has 1 atom stereocenters. The fourth-order valence-electron chi connectivity index (χ4n) is 4.27. The minimum absolute atomic E-state index is 0.172. The highest BCUT2D eigenvalue weighted by Crippen LogP contribution is 2.34. The Balaban J connectivity index is 1.82. The molecule has 0 bridgehead atoms. The highest BCUT2D eigenvalue weighted by atomic mass is 16.4. The van der Waals surface area contributed by atoms with Crippen molar-refractivity contribution >= 4 is 33.8 Å². The van der Waals surface area contributed by atoms with Crippen molar-refractivity contribution in [2.45, 2.75) is 53.0 Å². The first kappa shape index (κ1) is 19.2. The molecule has 1 amide bonds. The van der Waals surface area contributed by atoms with Gasteiger partial charge in [-0.15, -0.1) is 0 Å². The molecule has 0 unspecified atom stereocenters. The summed E-state index contributed by atoms with van der Waals surface area (Å²) >= 11 is 0. The molecular formula is C22H23NO6. The van der Waals surface area contributed by atoms with Crippen LogP contribution in [0, 0.1) is 27.7 Å². The predicted molar refractivity (Wildman–Crippen MR) is 107 cm³/mol. The van der Waals surface area contributed by atoms with Crippen LogP contribution in [-0.2, 0) is 16.0 Å². The van der Waals surface area contributed by atoms with Crippen molar-refractivity contribution in [2.75, 3.05) is 6.54 Å². The molecule has 1 aliphatic rings. The second-order valence-corrected chi connectivity index (χ2v) is 7.79. The zero-order valence-corrected chi connectivity index (χ0v) is 16.9. The Morgan fingerprint density at radius 1 is 1.07 bits per heavy atom. The number of likely N-dealkylation sites (tertiary alicyclic amines) is 1. The van der Waals surface area contributed by atoms with Crippen LogP contribution in [0.5, 0.6) is 0 Å². The molecule has 1 aromatic carbocycles. The summed E-state index contributed by atoms with van der Waals surface area (Å²) in [6.07, 6.45) is 0.904. The second-order valence-electron chi connectivity index (χ2n) is 7.79. The van der Waals surface area contributed by atoms with E-state index in [4.69, 9.17) is 8.83 Å². The van der Waals surface area contributed by atoms with Gasteiger partial charge < -0.3 is 18.8 Å². The summed E-state index contributed by atoms with van der Waals surface area (Å²) in [6.45, 7) is 7.91. The molecule has 0 saturated carbocycles. The monoisotopic (exact) mass is 397 g/mol. The van der Waals surface area contributed by atoms with Crippen LogP contribution in [0.2, 0.25) is 0 Å². The number of benzene rings is 1. The lowest BCUT2D eigenvalue weighted by atomic mass is 9.98. The fourth-order valence-corrected chi connectivity index (χ4v) is 4.27. The van der Waals surface area contributed by atoms with Crippen LogP contribution in [0.15, 0.2) is 19.7 Å². The number of hydrogen-bond donors (Lipinski definition) is 1. The van der Waals surface area contributed by atoms with Crippen LogP contribution < -0.4 is 5.63 Å². The Morgan fingerprint density at radius 3 is 2.41 bits per heavy atom. The average Bonchev–Trinajstić information content (AvgIpc) is 3.27. The molecule has 0 aliphatic carbocycles.